The molecule has 24 heavy (non-hydrogen) atoms. The quantitative estimate of drug-likeness (QED) is 0.763. The van der Waals surface area contributed by atoms with Crippen LogP contribution in [0.4, 0.5) is 0 Å². The summed E-state index contributed by atoms with van der Waals surface area (Å²) in [6.07, 6.45) is 1.33. The predicted octanol–water partition coefficient (Wildman–Crippen LogP) is 2.64. The van der Waals surface area contributed by atoms with Crippen LogP contribution >= 0.6 is 0 Å². The maximum Gasteiger partial charge on any atom is 0.374 e. The average Bonchev–Trinajstić information content (AvgIpc) is 3.12. The first-order chi connectivity index (χ1) is 11.7. The fourth-order valence-electron chi connectivity index (χ4n) is 3.01. The minimum atomic E-state index is -0.393. The Labute approximate surface area is 142 Å². The highest BCUT2D eigenvalue weighted by atomic mass is 16.6. The molecule has 2 heterocycles. The molecule has 1 aromatic heterocycles. The van der Waals surface area contributed by atoms with Crippen molar-refractivity contribution in [2.24, 2.45) is 0 Å². The molecule has 0 aliphatic carbocycles. The van der Waals surface area contributed by atoms with Gasteiger partial charge in [-0.1, -0.05) is 30.3 Å². The number of hydrogen-bond acceptors (Lipinski definition) is 5. The van der Waals surface area contributed by atoms with Gasteiger partial charge >= 0.3 is 5.97 Å². The van der Waals surface area contributed by atoms with Gasteiger partial charge in [-0.2, -0.15) is 0 Å². The third-order valence-electron chi connectivity index (χ3n) is 4.26. The van der Waals surface area contributed by atoms with Gasteiger partial charge in [-0.15, -0.1) is 0 Å². The molecule has 3 rings (SSSR count). The number of carbonyl (C=O) groups excluding carboxylic acids is 1. The maximum absolute atomic E-state index is 11.9. The third-order valence-corrected chi connectivity index (χ3v) is 4.26. The van der Waals surface area contributed by atoms with Gasteiger partial charge in [0.2, 0.25) is 5.76 Å². The molecule has 1 atom stereocenters. The molecule has 1 fully saturated rings. The Kier molecular flexibility index (Phi) is 5.67. The molecule has 5 heteroatoms. The van der Waals surface area contributed by atoms with E-state index in [9.17, 15) is 4.79 Å². The van der Waals surface area contributed by atoms with Crippen LogP contribution in [0.1, 0.15) is 23.0 Å². The highest BCUT2D eigenvalue weighted by Crippen LogP contribution is 2.10. The van der Waals surface area contributed by atoms with E-state index in [1.807, 2.05) is 13.0 Å². The maximum atomic E-state index is 11.9. The van der Waals surface area contributed by atoms with E-state index >= 15 is 0 Å². The summed E-state index contributed by atoms with van der Waals surface area (Å²) >= 11 is 0. The molecular formula is C19H24N2O3. The number of furan rings is 1. The molecule has 0 bridgehead atoms. The number of benzene rings is 1. The predicted molar refractivity (Wildman–Crippen MR) is 91.7 cm³/mol. The fourth-order valence-corrected chi connectivity index (χ4v) is 3.01. The second-order valence-electron chi connectivity index (χ2n) is 6.26. The zero-order valence-corrected chi connectivity index (χ0v) is 14.1. The van der Waals surface area contributed by atoms with Crippen LogP contribution in [-0.2, 0) is 11.3 Å². The lowest BCUT2D eigenvalue weighted by atomic mass is 10.2. The van der Waals surface area contributed by atoms with Crippen LogP contribution in [-0.4, -0.2) is 54.6 Å². The normalized spacial score (nSPS) is 17.5. The molecule has 5 nitrogen and oxygen atoms in total. The van der Waals surface area contributed by atoms with Gasteiger partial charge in [0.05, 0.1) is 6.26 Å². The first-order valence-electron chi connectivity index (χ1n) is 8.44. The average molecular weight is 328 g/mol. The van der Waals surface area contributed by atoms with Crippen LogP contribution in [0.2, 0.25) is 0 Å². The molecule has 0 spiro atoms. The zero-order chi connectivity index (χ0) is 16.8. The molecule has 0 amide bonds. The Morgan fingerprint density at radius 1 is 1.08 bits per heavy atom. The van der Waals surface area contributed by atoms with Crippen LogP contribution in [0.25, 0.3) is 0 Å². The third kappa shape index (κ3) is 4.69. The van der Waals surface area contributed by atoms with Crippen LogP contribution < -0.4 is 0 Å². The number of hydrogen-bond donors (Lipinski definition) is 0. The van der Waals surface area contributed by atoms with Crippen molar-refractivity contribution in [1.82, 2.24) is 9.80 Å². The molecule has 0 radical (unpaired) electrons. The minimum absolute atomic E-state index is 0.150. The van der Waals surface area contributed by atoms with Crippen molar-refractivity contribution in [3.63, 3.8) is 0 Å². The first-order valence-corrected chi connectivity index (χ1v) is 8.44. The Morgan fingerprint density at radius 3 is 2.46 bits per heavy atom. The summed E-state index contributed by atoms with van der Waals surface area (Å²) in [5.41, 5.74) is 1.35. The van der Waals surface area contributed by atoms with Crippen molar-refractivity contribution in [2.45, 2.75) is 19.6 Å². The van der Waals surface area contributed by atoms with Gasteiger partial charge in [0.25, 0.3) is 0 Å². The van der Waals surface area contributed by atoms with E-state index in [4.69, 9.17) is 9.15 Å². The summed E-state index contributed by atoms with van der Waals surface area (Å²) in [5, 5.41) is 0. The van der Waals surface area contributed by atoms with Gasteiger partial charge in [0.1, 0.15) is 6.10 Å². The molecule has 2 aromatic rings. The molecular weight excluding hydrogens is 304 g/mol. The molecule has 0 unspecified atom stereocenters. The number of carbonyl (C=O) groups is 1. The van der Waals surface area contributed by atoms with Gasteiger partial charge in [0, 0.05) is 39.3 Å². The van der Waals surface area contributed by atoms with E-state index in [0.717, 1.165) is 39.3 Å². The van der Waals surface area contributed by atoms with Crippen molar-refractivity contribution in [3.05, 3.63) is 60.1 Å². The monoisotopic (exact) mass is 328 g/mol. The first kappa shape index (κ1) is 16.7. The fraction of sp³-hybridized carbons (Fsp3) is 0.421. The van der Waals surface area contributed by atoms with Crippen molar-refractivity contribution in [3.8, 4) is 0 Å². The standard InChI is InChI=1S/C19H24N2O3/c1-16(24-19(22)18-8-5-13-23-18)14-20-9-11-21(12-10-20)15-17-6-3-2-4-7-17/h2-8,13,16H,9-12,14-15H2,1H3/t16-/m0/s1. The molecule has 1 aromatic carbocycles. The van der Waals surface area contributed by atoms with E-state index in [1.54, 1.807) is 12.1 Å². The Balaban J connectivity index is 1.39. The second kappa shape index (κ2) is 8.13. The van der Waals surface area contributed by atoms with Gasteiger partial charge in [0.15, 0.2) is 0 Å². The Bertz CT molecular complexity index is 619. The van der Waals surface area contributed by atoms with E-state index in [2.05, 4.69) is 34.1 Å². The lowest BCUT2D eigenvalue weighted by Crippen LogP contribution is -2.48. The number of nitrogens with zero attached hydrogens (tertiary/aromatic N) is 2. The molecule has 0 saturated carbocycles. The second-order valence-corrected chi connectivity index (χ2v) is 6.26. The molecule has 1 aliphatic heterocycles. The SMILES string of the molecule is C[C@@H](CN1CCN(Cc2ccccc2)CC1)OC(=O)c1ccco1. The topological polar surface area (TPSA) is 45.9 Å². The highest BCUT2D eigenvalue weighted by Gasteiger charge is 2.21. The molecule has 1 saturated heterocycles. The lowest BCUT2D eigenvalue weighted by molar-refractivity contribution is 0.0161. The number of ether oxygens (including phenoxy) is 1. The van der Waals surface area contributed by atoms with Crippen molar-refractivity contribution in [2.75, 3.05) is 32.7 Å². The van der Waals surface area contributed by atoms with Crippen LogP contribution in [0.15, 0.2) is 53.1 Å². The number of piperazine rings is 1. The van der Waals surface area contributed by atoms with Gasteiger partial charge in [-0.05, 0) is 24.6 Å². The summed E-state index contributed by atoms with van der Waals surface area (Å²) in [6, 6.07) is 13.9. The minimum Gasteiger partial charge on any atom is -0.457 e. The summed E-state index contributed by atoms with van der Waals surface area (Å²) in [6.45, 7) is 7.74. The van der Waals surface area contributed by atoms with Crippen molar-refractivity contribution in [1.29, 1.82) is 0 Å². The van der Waals surface area contributed by atoms with Crippen LogP contribution in [0.5, 0.6) is 0 Å². The van der Waals surface area contributed by atoms with E-state index in [0.29, 0.717) is 0 Å². The van der Waals surface area contributed by atoms with Crippen LogP contribution in [0.3, 0.4) is 0 Å². The van der Waals surface area contributed by atoms with E-state index < -0.39 is 5.97 Å². The van der Waals surface area contributed by atoms with E-state index in [-0.39, 0.29) is 11.9 Å². The Hall–Kier alpha value is -2.11. The smallest absolute Gasteiger partial charge is 0.374 e. The van der Waals surface area contributed by atoms with E-state index in [1.165, 1.54) is 11.8 Å². The molecule has 1 aliphatic rings. The van der Waals surface area contributed by atoms with Crippen molar-refractivity contribution < 1.29 is 13.9 Å². The van der Waals surface area contributed by atoms with Crippen molar-refractivity contribution >= 4 is 5.97 Å². The van der Waals surface area contributed by atoms with Crippen LogP contribution in [0, 0.1) is 0 Å². The highest BCUT2D eigenvalue weighted by molar-refractivity contribution is 5.86. The molecule has 128 valence electrons. The molecule has 0 N–H and O–H groups in total. The summed E-state index contributed by atoms with van der Waals surface area (Å²) in [5.74, 6) is -0.134. The van der Waals surface area contributed by atoms with Gasteiger partial charge < -0.3 is 9.15 Å². The number of esters is 1. The largest absolute Gasteiger partial charge is 0.457 e. The summed E-state index contributed by atoms with van der Waals surface area (Å²) < 4.78 is 10.5. The summed E-state index contributed by atoms with van der Waals surface area (Å²) in [7, 11) is 0. The number of rotatable bonds is 6. The van der Waals surface area contributed by atoms with Gasteiger partial charge in [-0.3, -0.25) is 9.80 Å². The summed E-state index contributed by atoms with van der Waals surface area (Å²) in [4.78, 5) is 16.7. The zero-order valence-electron chi connectivity index (χ0n) is 14.1. The lowest BCUT2D eigenvalue weighted by Gasteiger charge is -2.35. The Morgan fingerprint density at radius 2 is 1.79 bits per heavy atom. The van der Waals surface area contributed by atoms with Gasteiger partial charge in [-0.25, -0.2) is 4.79 Å².